The van der Waals surface area contributed by atoms with E-state index in [1.54, 1.807) is 37.4 Å². The molecule has 0 amide bonds. The fourth-order valence-electron chi connectivity index (χ4n) is 6.67. The molecule has 0 bridgehead atoms. The van der Waals surface area contributed by atoms with Gasteiger partial charge in [0.1, 0.15) is 20.5 Å². The molecule has 212 valence electrons. The lowest BCUT2D eigenvalue weighted by Gasteiger charge is -2.49. The van der Waals surface area contributed by atoms with Crippen LogP contribution < -0.4 is 27.4 Å². The van der Waals surface area contributed by atoms with Crippen LogP contribution in [0.15, 0.2) is 107 Å². The Morgan fingerprint density at radius 1 is 0.902 bits per heavy atom. The molecule has 1 aromatic heterocycles. The van der Waals surface area contributed by atoms with Crippen molar-refractivity contribution in [2.45, 2.75) is 63.7 Å². The largest absolute Gasteiger partial charge is 0.340 e. The highest BCUT2D eigenvalue weighted by atomic mass is 28.3. The van der Waals surface area contributed by atoms with Crippen LogP contribution in [-0.2, 0) is 11.3 Å². The summed E-state index contributed by atoms with van der Waals surface area (Å²) in [7, 11) is -2.67. The highest BCUT2D eigenvalue weighted by Gasteiger charge is 2.58. The average Bonchev–Trinajstić information content (AvgIpc) is 3.35. The standard InChI is InChI=1S/C33H37N3O4Si/c1-23-21-35(32(39)36(31(23)38)22-27(37)24-14-8-5-9-15-24)29-20-28(30(34)40-29)41(33(2,3)4,25-16-10-6-11-17-25)26-18-12-7-13-19-26/h5-19,21,28-30H,20,22,34H2,1-4H3. The van der Waals surface area contributed by atoms with E-state index in [-0.39, 0.29) is 22.9 Å². The third-order valence-electron chi connectivity index (χ3n) is 8.44. The van der Waals surface area contributed by atoms with Gasteiger partial charge >= 0.3 is 5.69 Å². The van der Waals surface area contributed by atoms with E-state index in [0.29, 0.717) is 17.5 Å². The Hall–Kier alpha value is -3.85. The van der Waals surface area contributed by atoms with Gasteiger partial charge in [-0.2, -0.15) is 0 Å². The van der Waals surface area contributed by atoms with E-state index in [9.17, 15) is 14.4 Å². The summed E-state index contributed by atoms with van der Waals surface area (Å²) in [6.07, 6.45) is 0.726. The van der Waals surface area contributed by atoms with Crippen molar-refractivity contribution in [3.8, 4) is 0 Å². The first-order chi connectivity index (χ1) is 19.6. The molecule has 7 nitrogen and oxygen atoms in total. The molecule has 0 radical (unpaired) electrons. The maximum absolute atomic E-state index is 13.8. The van der Waals surface area contributed by atoms with Crippen LogP contribution in [0.4, 0.5) is 0 Å². The van der Waals surface area contributed by atoms with E-state index in [4.69, 9.17) is 10.5 Å². The topological polar surface area (TPSA) is 96.3 Å². The average molecular weight is 568 g/mol. The normalized spacial score (nSPS) is 19.3. The Morgan fingerprint density at radius 2 is 1.41 bits per heavy atom. The van der Waals surface area contributed by atoms with Crippen LogP contribution in [0.1, 0.15) is 49.3 Å². The van der Waals surface area contributed by atoms with Gasteiger partial charge < -0.3 is 10.5 Å². The molecular formula is C33H37N3O4Si. The molecule has 0 spiro atoms. The lowest BCUT2D eigenvalue weighted by atomic mass is 10.1. The van der Waals surface area contributed by atoms with Gasteiger partial charge in [-0.15, -0.1) is 0 Å². The van der Waals surface area contributed by atoms with Gasteiger partial charge in [0.05, 0.1) is 6.54 Å². The zero-order valence-corrected chi connectivity index (χ0v) is 25.0. The molecule has 0 saturated carbocycles. The predicted molar refractivity (Wildman–Crippen MR) is 165 cm³/mol. The molecule has 2 N–H and O–H groups in total. The van der Waals surface area contributed by atoms with E-state index < -0.39 is 31.8 Å². The Kier molecular flexibility index (Phi) is 7.83. The first-order valence-electron chi connectivity index (χ1n) is 14.0. The third-order valence-corrected chi connectivity index (χ3v) is 15.0. The number of hydrogen-bond acceptors (Lipinski definition) is 5. The van der Waals surface area contributed by atoms with Crippen molar-refractivity contribution in [1.29, 1.82) is 0 Å². The summed E-state index contributed by atoms with van der Waals surface area (Å²) >= 11 is 0. The van der Waals surface area contributed by atoms with Crippen molar-refractivity contribution >= 4 is 24.2 Å². The maximum atomic E-state index is 13.8. The first-order valence-corrected chi connectivity index (χ1v) is 16.1. The molecule has 4 aromatic rings. The van der Waals surface area contributed by atoms with Crippen LogP contribution in [-0.4, -0.2) is 29.2 Å². The van der Waals surface area contributed by atoms with Gasteiger partial charge in [0.25, 0.3) is 5.56 Å². The van der Waals surface area contributed by atoms with Crippen LogP contribution in [0.25, 0.3) is 0 Å². The molecule has 41 heavy (non-hydrogen) atoms. The minimum absolute atomic E-state index is 0.0733. The minimum atomic E-state index is -2.67. The molecular weight excluding hydrogens is 530 g/mol. The number of nitrogens with zero attached hydrogens (tertiary/aromatic N) is 2. The second-order valence-corrected chi connectivity index (χ2v) is 16.9. The fraction of sp³-hybridized carbons (Fsp3) is 0.303. The second-order valence-electron chi connectivity index (χ2n) is 11.9. The first kappa shape index (κ1) is 28.7. The van der Waals surface area contributed by atoms with E-state index in [2.05, 4.69) is 69.3 Å². The van der Waals surface area contributed by atoms with Crippen molar-refractivity contribution in [1.82, 2.24) is 9.13 Å². The number of ether oxygens (including phenoxy) is 1. The van der Waals surface area contributed by atoms with Gasteiger partial charge in [-0.1, -0.05) is 122 Å². The number of ketones is 1. The Bertz CT molecular complexity index is 1600. The number of aryl methyl sites for hydroxylation is 1. The van der Waals surface area contributed by atoms with E-state index in [1.807, 2.05) is 18.2 Å². The summed E-state index contributed by atoms with van der Waals surface area (Å²) in [5, 5.41) is 2.36. The van der Waals surface area contributed by atoms with E-state index in [1.165, 1.54) is 14.9 Å². The van der Waals surface area contributed by atoms with Gasteiger partial charge in [0, 0.05) is 22.9 Å². The summed E-state index contributed by atoms with van der Waals surface area (Å²) in [5.74, 6) is -0.309. The van der Waals surface area contributed by atoms with Gasteiger partial charge in [0.2, 0.25) is 0 Å². The number of rotatable bonds is 7. The number of aromatic nitrogens is 2. The summed E-state index contributed by atoms with van der Waals surface area (Å²) in [5.41, 5.74) is 6.52. The van der Waals surface area contributed by atoms with Crippen molar-refractivity contribution in [2.24, 2.45) is 5.73 Å². The number of hydrogen-bond donors (Lipinski definition) is 1. The Labute approximate surface area is 241 Å². The third kappa shape index (κ3) is 5.07. The molecule has 5 rings (SSSR count). The second kappa shape index (κ2) is 11.2. The predicted octanol–water partition coefficient (Wildman–Crippen LogP) is 3.84. The van der Waals surface area contributed by atoms with E-state index in [0.717, 1.165) is 4.57 Å². The van der Waals surface area contributed by atoms with Crippen LogP contribution in [0.3, 0.4) is 0 Å². The summed E-state index contributed by atoms with van der Waals surface area (Å²) in [4.78, 5) is 39.8. The highest BCUT2D eigenvalue weighted by molar-refractivity contribution is 7.05. The SMILES string of the molecule is Cc1cn(C2CC([Si](c3ccccc3)(c3ccccc3)C(C)(C)C)C(N)O2)c(=O)n(CC(=O)c2ccccc2)c1=O. The smallest absolute Gasteiger partial charge is 0.333 e. The Balaban J connectivity index is 1.60. The van der Waals surface area contributed by atoms with Gasteiger partial charge in [-0.05, 0) is 18.4 Å². The van der Waals surface area contributed by atoms with Crippen molar-refractivity contribution < 1.29 is 9.53 Å². The zero-order valence-electron chi connectivity index (χ0n) is 24.0. The summed E-state index contributed by atoms with van der Waals surface area (Å²) in [6.45, 7) is 8.11. The van der Waals surface area contributed by atoms with E-state index >= 15 is 0 Å². The van der Waals surface area contributed by atoms with Crippen LogP contribution in [0.5, 0.6) is 0 Å². The van der Waals surface area contributed by atoms with Crippen molar-refractivity contribution in [3.63, 3.8) is 0 Å². The maximum Gasteiger partial charge on any atom is 0.333 e. The molecule has 0 aliphatic carbocycles. The van der Waals surface area contributed by atoms with Crippen LogP contribution in [0, 0.1) is 6.92 Å². The molecule has 2 heterocycles. The number of carbonyl (C=O) groups excluding carboxylic acids is 1. The van der Waals surface area contributed by atoms with Crippen LogP contribution >= 0.6 is 0 Å². The molecule has 1 fully saturated rings. The lowest BCUT2D eigenvalue weighted by Crippen LogP contribution is -2.69. The molecule has 1 aliphatic rings. The zero-order chi connectivity index (χ0) is 29.4. The van der Waals surface area contributed by atoms with Gasteiger partial charge in [-0.25, -0.2) is 4.79 Å². The van der Waals surface area contributed by atoms with Gasteiger partial charge in [-0.3, -0.25) is 18.7 Å². The van der Waals surface area contributed by atoms with Crippen molar-refractivity contribution in [2.75, 3.05) is 0 Å². The quantitative estimate of drug-likeness (QED) is 0.270. The Morgan fingerprint density at radius 3 is 1.93 bits per heavy atom. The number of nitrogens with two attached hydrogens (primary N) is 1. The molecule has 8 heteroatoms. The number of Topliss-reactive ketones (excluding diaryl/α,β-unsaturated/α-hetero) is 1. The van der Waals surface area contributed by atoms with Crippen LogP contribution in [0.2, 0.25) is 10.6 Å². The number of benzene rings is 3. The minimum Gasteiger partial charge on any atom is -0.340 e. The number of carbonyl (C=O) groups is 1. The molecule has 3 atom stereocenters. The molecule has 3 aromatic carbocycles. The monoisotopic (exact) mass is 567 g/mol. The van der Waals surface area contributed by atoms with Crippen molar-refractivity contribution in [3.05, 3.63) is 129 Å². The lowest BCUT2D eigenvalue weighted by molar-refractivity contribution is 0.00120. The molecule has 3 unspecified atom stereocenters. The molecule has 1 aliphatic heterocycles. The van der Waals surface area contributed by atoms with Gasteiger partial charge in [0.15, 0.2) is 5.78 Å². The summed E-state index contributed by atoms with van der Waals surface area (Å²) < 4.78 is 8.86. The fourth-order valence-corrected chi connectivity index (χ4v) is 13.3. The summed E-state index contributed by atoms with van der Waals surface area (Å²) in [6, 6.07) is 29.7. The highest BCUT2D eigenvalue weighted by Crippen LogP contribution is 2.50. The molecule has 1 saturated heterocycles.